The van der Waals surface area contributed by atoms with Crippen molar-refractivity contribution < 1.29 is 13.6 Å². The molecule has 0 aliphatic carbocycles. The number of amides is 1. The summed E-state index contributed by atoms with van der Waals surface area (Å²) in [6.45, 7) is 0. The van der Waals surface area contributed by atoms with Crippen molar-refractivity contribution in [2.24, 2.45) is 0 Å². The summed E-state index contributed by atoms with van der Waals surface area (Å²) in [5.74, 6) is -2.02. The number of halogens is 3. The van der Waals surface area contributed by atoms with Gasteiger partial charge in [0.2, 0.25) is 5.91 Å². The van der Waals surface area contributed by atoms with Crippen molar-refractivity contribution in [3.8, 4) is 0 Å². The van der Waals surface area contributed by atoms with Gasteiger partial charge in [-0.1, -0.05) is 17.7 Å². The van der Waals surface area contributed by atoms with E-state index < -0.39 is 23.2 Å². The molecule has 0 aliphatic heterocycles. The monoisotopic (exact) mass is 313 g/mol. The highest BCUT2D eigenvalue weighted by molar-refractivity contribution is 8.00. The Morgan fingerprint density at radius 3 is 2.30 bits per heavy atom. The van der Waals surface area contributed by atoms with Gasteiger partial charge in [0.05, 0.1) is 5.75 Å². The zero-order valence-corrected chi connectivity index (χ0v) is 11.8. The molecular formula is C14H10ClF2NOS. The molecule has 2 rings (SSSR count). The Kier molecular flexibility index (Phi) is 4.98. The van der Waals surface area contributed by atoms with E-state index in [1.54, 1.807) is 24.3 Å². The molecule has 1 N–H and O–H groups in total. The van der Waals surface area contributed by atoms with Crippen LogP contribution in [0.1, 0.15) is 0 Å². The summed E-state index contributed by atoms with van der Waals surface area (Å²) in [5.41, 5.74) is -0.422. The molecule has 104 valence electrons. The molecule has 2 aromatic rings. The van der Waals surface area contributed by atoms with Gasteiger partial charge >= 0.3 is 0 Å². The average molecular weight is 314 g/mol. The minimum atomic E-state index is -0.796. The predicted octanol–water partition coefficient (Wildman–Crippen LogP) is 4.35. The van der Waals surface area contributed by atoms with E-state index in [1.807, 2.05) is 0 Å². The number of benzene rings is 2. The van der Waals surface area contributed by atoms with Crippen molar-refractivity contribution >= 4 is 35.0 Å². The lowest BCUT2D eigenvalue weighted by atomic mass is 10.3. The SMILES string of the molecule is O=C(CSc1ccc(Cl)cc1)Nc1c(F)cccc1F. The number of nitrogens with one attached hydrogen (secondary N) is 1. The lowest BCUT2D eigenvalue weighted by Gasteiger charge is -2.07. The van der Waals surface area contributed by atoms with Crippen LogP contribution in [0.4, 0.5) is 14.5 Å². The third kappa shape index (κ3) is 3.95. The van der Waals surface area contributed by atoms with Gasteiger partial charge in [0.1, 0.15) is 17.3 Å². The van der Waals surface area contributed by atoms with Crippen LogP contribution in [0.15, 0.2) is 47.4 Å². The molecule has 0 spiro atoms. The summed E-state index contributed by atoms with van der Waals surface area (Å²) in [6.07, 6.45) is 0. The largest absolute Gasteiger partial charge is 0.320 e. The minimum Gasteiger partial charge on any atom is -0.320 e. The second kappa shape index (κ2) is 6.72. The van der Waals surface area contributed by atoms with Gasteiger partial charge in [-0.05, 0) is 36.4 Å². The third-order valence-corrected chi connectivity index (χ3v) is 3.67. The molecular weight excluding hydrogens is 304 g/mol. The number of carbonyl (C=O) groups excluding carboxylic acids is 1. The quantitative estimate of drug-likeness (QED) is 0.850. The lowest BCUT2D eigenvalue weighted by molar-refractivity contribution is -0.113. The van der Waals surface area contributed by atoms with Gasteiger partial charge < -0.3 is 5.32 Å². The van der Waals surface area contributed by atoms with Crippen molar-refractivity contribution in [1.29, 1.82) is 0 Å². The second-order valence-corrected chi connectivity index (χ2v) is 5.37. The van der Waals surface area contributed by atoms with Crippen LogP contribution in [0, 0.1) is 11.6 Å². The summed E-state index contributed by atoms with van der Waals surface area (Å²) in [6, 6.07) is 10.4. The van der Waals surface area contributed by atoms with Crippen LogP contribution < -0.4 is 5.32 Å². The number of anilines is 1. The maximum atomic E-state index is 13.3. The standard InChI is InChI=1S/C14H10ClF2NOS/c15-9-4-6-10(7-5-9)20-8-13(19)18-14-11(16)2-1-3-12(14)17/h1-7H,8H2,(H,18,19). The first-order valence-corrected chi connectivity index (χ1v) is 7.05. The molecule has 0 heterocycles. The van der Waals surface area contributed by atoms with Gasteiger partial charge in [0.25, 0.3) is 0 Å². The Bertz CT molecular complexity index is 599. The first-order chi connectivity index (χ1) is 9.56. The van der Waals surface area contributed by atoms with E-state index in [0.29, 0.717) is 5.02 Å². The molecule has 2 aromatic carbocycles. The zero-order valence-electron chi connectivity index (χ0n) is 10.2. The third-order valence-electron chi connectivity index (χ3n) is 2.41. The van der Waals surface area contributed by atoms with E-state index in [0.717, 1.165) is 17.0 Å². The van der Waals surface area contributed by atoms with Crippen molar-refractivity contribution in [3.05, 3.63) is 59.1 Å². The first kappa shape index (κ1) is 14.8. The van der Waals surface area contributed by atoms with E-state index >= 15 is 0 Å². The maximum Gasteiger partial charge on any atom is 0.234 e. The Morgan fingerprint density at radius 1 is 1.10 bits per heavy atom. The highest BCUT2D eigenvalue weighted by Gasteiger charge is 2.11. The van der Waals surface area contributed by atoms with Crippen LogP contribution in [0.2, 0.25) is 5.02 Å². The van der Waals surface area contributed by atoms with Gasteiger partial charge in [-0.2, -0.15) is 0 Å². The summed E-state index contributed by atoms with van der Waals surface area (Å²) < 4.78 is 26.7. The van der Waals surface area contributed by atoms with Gasteiger partial charge in [-0.25, -0.2) is 8.78 Å². The number of rotatable bonds is 4. The summed E-state index contributed by atoms with van der Waals surface area (Å²) in [4.78, 5) is 12.5. The fourth-order valence-corrected chi connectivity index (χ4v) is 2.30. The molecule has 2 nitrogen and oxygen atoms in total. The Hall–Kier alpha value is -1.59. The molecule has 20 heavy (non-hydrogen) atoms. The molecule has 0 saturated carbocycles. The Balaban J connectivity index is 1.94. The van der Waals surface area contributed by atoms with Crippen molar-refractivity contribution in [1.82, 2.24) is 0 Å². The van der Waals surface area contributed by atoms with Crippen molar-refractivity contribution in [3.63, 3.8) is 0 Å². The van der Waals surface area contributed by atoms with Crippen LogP contribution in [0.5, 0.6) is 0 Å². The molecule has 6 heteroatoms. The van der Waals surface area contributed by atoms with Crippen LogP contribution >= 0.6 is 23.4 Å². The fourth-order valence-electron chi connectivity index (χ4n) is 1.47. The van der Waals surface area contributed by atoms with Gasteiger partial charge in [-0.15, -0.1) is 11.8 Å². The van der Waals surface area contributed by atoms with Crippen LogP contribution in [0.25, 0.3) is 0 Å². The van der Waals surface area contributed by atoms with Crippen LogP contribution in [0.3, 0.4) is 0 Å². The zero-order chi connectivity index (χ0) is 14.5. The smallest absolute Gasteiger partial charge is 0.234 e. The maximum absolute atomic E-state index is 13.3. The average Bonchev–Trinajstić information content (AvgIpc) is 2.42. The molecule has 0 aliphatic rings. The summed E-state index contributed by atoms with van der Waals surface area (Å²) in [5, 5.41) is 2.83. The number of para-hydroxylation sites is 1. The normalized spacial score (nSPS) is 10.3. The molecule has 0 atom stereocenters. The number of thioether (sulfide) groups is 1. The minimum absolute atomic E-state index is 0.0510. The molecule has 0 fully saturated rings. The van der Waals surface area contributed by atoms with E-state index in [-0.39, 0.29) is 5.75 Å². The topological polar surface area (TPSA) is 29.1 Å². The highest BCUT2D eigenvalue weighted by Crippen LogP contribution is 2.22. The second-order valence-electron chi connectivity index (χ2n) is 3.89. The van der Waals surface area contributed by atoms with E-state index in [1.165, 1.54) is 17.8 Å². The summed E-state index contributed by atoms with van der Waals surface area (Å²) >= 11 is 7.00. The molecule has 0 radical (unpaired) electrons. The first-order valence-electron chi connectivity index (χ1n) is 5.68. The molecule has 1 amide bonds. The number of hydrogen-bond donors (Lipinski definition) is 1. The van der Waals surface area contributed by atoms with E-state index in [9.17, 15) is 13.6 Å². The van der Waals surface area contributed by atoms with Gasteiger partial charge in [0, 0.05) is 9.92 Å². The lowest BCUT2D eigenvalue weighted by Crippen LogP contribution is -2.16. The van der Waals surface area contributed by atoms with Crippen LogP contribution in [-0.4, -0.2) is 11.7 Å². The molecule has 0 unspecified atom stereocenters. The van der Waals surface area contributed by atoms with Crippen LogP contribution in [-0.2, 0) is 4.79 Å². The Labute approximate surface area is 124 Å². The Morgan fingerprint density at radius 2 is 1.70 bits per heavy atom. The molecule has 0 bridgehead atoms. The van der Waals surface area contributed by atoms with Crippen molar-refractivity contribution in [2.45, 2.75) is 4.90 Å². The van der Waals surface area contributed by atoms with Gasteiger partial charge in [-0.3, -0.25) is 4.79 Å². The highest BCUT2D eigenvalue weighted by atomic mass is 35.5. The molecule has 0 saturated heterocycles. The van der Waals surface area contributed by atoms with E-state index in [4.69, 9.17) is 11.6 Å². The summed E-state index contributed by atoms with van der Waals surface area (Å²) in [7, 11) is 0. The molecule has 0 aromatic heterocycles. The number of carbonyl (C=O) groups is 1. The number of hydrogen-bond acceptors (Lipinski definition) is 2. The van der Waals surface area contributed by atoms with Gasteiger partial charge in [0.15, 0.2) is 0 Å². The van der Waals surface area contributed by atoms with E-state index in [2.05, 4.69) is 5.32 Å². The predicted molar refractivity (Wildman–Crippen MR) is 77.2 cm³/mol. The fraction of sp³-hybridized carbons (Fsp3) is 0.0714. The van der Waals surface area contributed by atoms with Crippen molar-refractivity contribution in [2.75, 3.05) is 11.1 Å².